The summed E-state index contributed by atoms with van der Waals surface area (Å²) in [7, 11) is -2.91. The maximum Gasteiger partial charge on any atom is 0.191 e. The zero-order chi connectivity index (χ0) is 19.2. The minimum absolute atomic E-state index is 0.120. The molecule has 0 aromatic heterocycles. The molecular weight excluding hydrogens is 334 g/mol. The van der Waals surface area contributed by atoms with Crippen LogP contribution in [0.3, 0.4) is 0 Å². The van der Waals surface area contributed by atoms with Crippen LogP contribution in [0.25, 0.3) is 0 Å². The van der Waals surface area contributed by atoms with E-state index < -0.39 is 9.84 Å². The summed E-state index contributed by atoms with van der Waals surface area (Å²) in [5.41, 5.74) is -0.120. The van der Waals surface area contributed by atoms with E-state index in [1.807, 2.05) is 0 Å². The van der Waals surface area contributed by atoms with Gasteiger partial charge >= 0.3 is 0 Å². The molecule has 0 aliphatic carbocycles. The fourth-order valence-electron chi connectivity index (χ4n) is 2.46. The first-order valence-corrected chi connectivity index (χ1v) is 12.0. The Morgan fingerprint density at radius 2 is 1.56 bits per heavy atom. The van der Waals surface area contributed by atoms with Crippen molar-refractivity contribution in [3.8, 4) is 0 Å². The van der Waals surface area contributed by atoms with Gasteiger partial charge in [0.05, 0.1) is 5.75 Å². The molecule has 0 atom stereocenters. The smallest absolute Gasteiger partial charge is 0.191 e. The van der Waals surface area contributed by atoms with Gasteiger partial charge in [-0.2, -0.15) is 0 Å². The molecule has 0 bridgehead atoms. The molecule has 0 aliphatic heterocycles. The van der Waals surface area contributed by atoms with Crippen molar-refractivity contribution in [1.29, 1.82) is 0 Å². The number of nitrogens with one attached hydrogen (secondary N) is 2. The molecule has 0 unspecified atom stereocenters. The Morgan fingerprint density at radius 1 is 0.960 bits per heavy atom. The van der Waals surface area contributed by atoms with E-state index in [4.69, 9.17) is 0 Å². The Hall–Kier alpha value is -0.780. The molecule has 6 heteroatoms. The molecule has 0 radical (unpaired) electrons. The predicted octanol–water partition coefficient (Wildman–Crippen LogP) is 3.75. The topological polar surface area (TPSA) is 70.6 Å². The average molecular weight is 376 g/mol. The van der Waals surface area contributed by atoms with Crippen LogP contribution < -0.4 is 10.6 Å². The molecule has 0 spiro atoms. The monoisotopic (exact) mass is 375 g/mol. The number of guanidine groups is 1. The second-order valence-electron chi connectivity index (χ2n) is 7.79. The first kappa shape index (κ1) is 24.2. The van der Waals surface area contributed by atoms with E-state index in [2.05, 4.69) is 43.3 Å². The molecule has 2 N–H and O–H groups in total. The normalized spacial score (nSPS) is 13.1. The summed E-state index contributed by atoms with van der Waals surface area (Å²) >= 11 is 0. The summed E-state index contributed by atoms with van der Waals surface area (Å²) in [6.07, 6.45) is 11.0. The van der Waals surface area contributed by atoms with Gasteiger partial charge in [-0.3, -0.25) is 4.99 Å². The quantitative estimate of drug-likeness (QED) is 0.275. The first-order valence-electron chi connectivity index (χ1n) is 9.90. The summed E-state index contributed by atoms with van der Waals surface area (Å²) in [6.45, 7) is 10.8. The zero-order valence-electron chi connectivity index (χ0n) is 17.2. The Balaban J connectivity index is 4.14. The van der Waals surface area contributed by atoms with E-state index in [1.165, 1.54) is 44.8 Å². The van der Waals surface area contributed by atoms with Crippen LogP contribution in [0, 0.1) is 5.41 Å². The van der Waals surface area contributed by atoms with Crippen LogP contribution in [0.4, 0.5) is 0 Å². The van der Waals surface area contributed by atoms with E-state index in [0.29, 0.717) is 13.0 Å². The minimum Gasteiger partial charge on any atom is -0.357 e. The molecule has 0 aromatic carbocycles. The molecule has 0 aliphatic rings. The molecule has 0 saturated carbocycles. The number of unbranched alkanes of at least 4 members (excludes halogenated alkanes) is 6. The Bertz CT molecular complexity index is 459. The number of sulfone groups is 1. The van der Waals surface area contributed by atoms with Crippen molar-refractivity contribution in [2.75, 3.05) is 31.6 Å². The van der Waals surface area contributed by atoms with Crippen molar-refractivity contribution in [1.82, 2.24) is 10.6 Å². The van der Waals surface area contributed by atoms with Crippen molar-refractivity contribution in [3.63, 3.8) is 0 Å². The van der Waals surface area contributed by atoms with Gasteiger partial charge in [0.15, 0.2) is 5.96 Å². The standard InChI is InChI=1S/C19H41N3O2S/c1-6-8-9-10-11-12-13-15-21-18(20-7-2)22-17-19(3,4)14-16-25(5,23)24/h6-17H2,1-5H3,(H2,20,21,22). The lowest BCUT2D eigenvalue weighted by molar-refractivity contribution is 0.365. The predicted molar refractivity (Wildman–Crippen MR) is 110 cm³/mol. The molecule has 0 aromatic rings. The lowest BCUT2D eigenvalue weighted by atomic mass is 9.90. The van der Waals surface area contributed by atoms with Crippen LogP contribution in [-0.4, -0.2) is 46.0 Å². The summed E-state index contributed by atoms with van der Waals surface area (Å²) in [6, 6.07) is 0. The van der Waals surface area contributed by atoms with Crippen LogP contribution in [0.2, 0.25) is 0 Å². The van der Waals surface area contributed by atoms with Crippen LogP contribution in [0.1, 0.15) is 79.1 Å². The second kappa shape index (κ2) is 13.4. The molecule has 150 valence electrons. The largest absolute Gasteiger partial charge is 0.357 e. The Morgan fingerprint density at radius 3 is 2.12 bits per heavy atom. The number of aliphatic imine (C=N–C) groups is 1. The van der Waals surface area contributed by atoms with Gasteiger partial charge in [0, 0.05) is 25.9 Å². The maximum absolute atomic E-state index is 11.3. The summed E-state index contributed by atoms with van der Waals surface area (Å²) in [4.78, 5) is 4.64. The fourth-order valence-corrected chi connectivity index (χ4v) is 3.39. The Kier molecular flexibility index (Phi) is 13.0. The number of rotatable bonds is 14. The minimum atomic E-state index is -2.91. The molecule has 0 amide bonds. The van der Waals surface area contributed by atoms with Crippen molar-refractivity contribution in [2.45, 2.75) is 79.1 Å². The van der Waals surface area contributed by atoms with Crippen LogP contribution in [-0.2, 0) is 9.84 Å². The number of hydrogen-bond donors (Lipinski definition) is 2. The van der Waals surface area contributed by atoms with E-state index >= 15 is 0 Å². The molecular formula is C19H41N3O2S. The molecule has 0 heterocycles. The van der Waals surface area contributed by atoms with Gasteiger partial charge in [-0.1, -0.05) is 59.3 Å². The summed E-state index contributed by atoms with van der Waals surface area (Å²) in [5.74, 6) is 1.05. The summed E-state index contributed by atoms with van der Waals surface area (Å²) < 4.78 is 22.7. The third-order valence-electron chi connectivity index (χ3n) is 4.23. The highest BCUT2D eigenvalue weighted by atomic mass is 32.2. The van der Waals surface area contributed by atoms with Gasteiger partial charge < -0.3 is 10.6 Å². The lowest BCUT2D eigenvalue weighted by Crippen LogP contribution is -2.38. The van der Waals surface area contributed by atoms with Crippen LogP contribution in [0.15, 0.2) is 4.99 Å². The van der Waals surface area contributed by atoms with Crippen LogP contribution >= 0.6 is 0 Å². The highest BCUT2D eigenvalue weighted by Crippen LogP contribution is 2.21. The highest BCUT2D eigenvalue weighted by Gasteiger charge is 2.20. The molecule has 0 rings (SSSR count). The van der Waals surface area contributed by atoms with E-state index in [-0.39, 0.29) is 11.2 Å². The lowest BCUT2D eigenvalue weighted by Gasteiger charge is -2.22. The average Bonchev–Trinajstić information content (AvgIpc) is 2.53. The zero-order valence-corrected chi connectivity index (χ0v) is 18.0. The third kappa shape index (κ3) is 16.4. The van der Waals surface area contributed by atoms with E-state index in [1.54, 1.807) is 0 Å². The second-order valence-corrected chi connectivity index (χ2v) is 10.0. The summed E-state index contributed by atoms with van der Waals surface area (Å²) in [5, 5.41) is 6.66. The van der Waals surface area contributed by atoms with Gasteiger partial charge in [-0.25, -0.2) is 8.42 Å². The van der Waals surface area contributed by atoms with Gasteiger partial charge in [-0.05, 0) is 25.2 Å². The van der Waals surface area contributed by atoms with Gasteiger partial charge in [0.25, 0.3) is 0 Å². The third-order valence-corrected chi connectivity index (χ3v) is 5.18. The number of hydrogen-bond acceptors (Lipinski definition) is 3. The number of nitrogens with zero attached hydrogens (tertiary/aromatic N) is 1. The molecule has 25 heavy (non-hydrogen) atoms. The van der Waals surface area contributed by atoms with Crippen molar-refractivity contribution < 1.29 is 8.42 Å². The fraction of sp³-hybridized carbons (Fsp3) is 0.947. The van der Waals surface area contributed by atoms with E-state index in [0.717, 1.165) is 25.5 Å². The van der Waals surface area contributed by atoms with Gasteiger partial charge in [0.1, 0.15) is 9.84 Å². The van der Waals surface area contributed by atoms with Crippen molar-refractivity contribution >= 4 is 15.8 Å². The highest BCUT2D eigenvalue weighted by molar-refractivity contribution is 7.90. The van der Waals surface area contributed by atoms with E-state index in [9.17, 15) is 8.42 Å². The first-order chi connectivity index (χ1) is 11.7. The Labute approximate surface area is 156 Å². The molecule has 0 saturated heterocycles. The van der Waals surface area contributed by atoms with Crippen molar-refractivity contribution in [2.24, 2.45) is 10.4 Å². The maximum atomic E-state index is 11.3. The SMILES string of the molecule is CCCCCCCCCNC(=NCC(C)(C)CCS(C)(=O)=O)NCC. The van der Waals surface area contributed by atoms with Gasteiger partial charge in [-0.15, -0.1) is 0 Å². The molecule has 5 nitrogen and oxygen atoms in total. The van der Waals surface area contributed by atoms with Gasteiger partial charge in [0.2, 0.25) is 0 Å². The van der Waals surface area contributed by atoms with Crippen LogP contribution in [0.5, 0.6) is 0 Å². The molecule has 0 fully saturated rings. The van der Waals surface area contributed by atoms with Crippen molar-refractivity contribution in [3.05, 3.63) is 0 Å².